The van der Waals surface area contributed by atoms with Gasteiger partial charge in [-0.2, -0.15) is 0 Å². The van der Waals surface area contributed by atoms with Gasteiger partial charge in [-0.15, -0.1) is 11.3 Å². The molecule has 1 aromatic rings. The third kappa shape index (κ3) is 3.52. The van der Waals surface area contributed by atoms with Gasteiger partial charge in [-0.05, 0) is 19.8 Å². The van der Waals surface area contributed by atoms with Gasteiger partial charge in [-0.25, -0.2) is 4.98 Å². The SMILES string of the molecule is CCN(C(C)=O)c1nc(CNC2CC(OC)C2)cs1. The summed E-state index contributed by atoms with van der Waals surface area (Å²) in [6.07, 6.45) is 2.56. The molecule has 1 heterocycles. The van der Waals surface area contributed by atoms with Gasteiger partial charge in [-0.3, -0.25) is 9.69 Å². The number of carbonyl (C=O) groups is 1. The van der Waals surface area contributed by atoms with Crippen molar-refractivity contribution in [2.75, 3.05) is 18.6 Å². The molecule has 0 aliphatic heterocycles. The summed E-state index contributed by atoms with van der Waals surface area (Å²) in [6, 6.07) is 0.533. The minimum absolute atomic E-state index is 0.0401. The van der Waals surface area contributed by atoms with Gasteiger partial charge in [0.25, 0.3) is 0 Å². The van der Waals surface area contributed by atoms with Crippen molar-refractivity contribution >= 4 is 22.4 Å². The third-order valence-corrected chi connectivity index (χ3v) is 4.38. The Morgan fingerprint density at radius 3 is 2.95 bits per heavy atom. The molecule has 0 bridgehead atoms. The van der Waals surface area contributed by atoms with Crippen LogP contribution >= 0.6 is 11.3 Å². The lowest BCUT2D eigenvalue weighted by atomic mass is 9.89. The molecule has 1 aromatic heterocycles. The van der Waals surface area contributed by atoms with Crippen LogP contribution in [-0.4, -0.2) is 36.7 Å². The maximum Gasteiger partial charge on any atom is 0.225 e. The average molecular weight is 283 g/mol. The number of nitrogens with zero attached hydrogens (tertiary/aromatic N) is 2. The molecule has 0 radical (unpaired) electrons. The van der Waals surface area contributed by atoms with Crippen molar-refractivity contribution in [1.82, 2.24) is 10.3 Å². The van der Waals surface area contributed by atoms with Gasteiger partial charge in [0.05, 0.1) is 11.8 Å². The molecule has 0 atom stereocenters. The van der Waals surface area contributed by atoms with Crippen molar-refractivity contribution in [1.29, 1.82) is 0 Å². The summed E-state index contributed by atoms with van der Waals surface area (Å²) >= 11 is 1.52. The van der Waals surface area contributed by atoms with E-state index in [2.05, 4.69) is 10.3 Å². The number of anilines is 1. The normalized spacial score (nSPS) is 22.1. The zero-order valence-corrected chi connectivity index (χ0v) is 12.5. The number of aromatic nitrogens is 1. The number of hydrogen-bond donors (Lipinski definition) is 1. The largest absolute Gasteiger partial charge is 0.381 e. The highest BCUT2D eigenvalue weighted by atomic mass is 32.1. The molecule has 6 heteroatoms. The van der Waals surface area contributed by atoms with Crippen LogP contribution in [0.5, 0.6) is 0 Å². The van der Waals surface area contributed by atoms with E-state index in [1.807, 2.05) is 12.3 Å². The van der Waals surface area contributed by atoms with Gasteiger partial charge in [0, 0.05) is 38.5 Å². The molecule has 106 valence electrons. The van der Waals surface area contributed by atoms with Crippen LogP contribution in [0.15, 0.2) is 5.38 Å². The van der Waals surface area contributed by atoms with Gasteiger partial charge >= 0.3 is 0 Å². The molecule has 0 spiro atoms. The Balaban J connectivity index is 1.82. The summed E-state index contributed by atoms with van der Waals surface area (Å²) in [5, 5.41) is 6.26. The maximum absolute atomic E-state index is 11.4. The molecule has 1 amide bonds. The Bertz CT molecular complexity index is 429. The Morgan fingerprint density at radius 1 is 1.63 bits per heavy atom. The highest BCUT2D eigenvalue weighted by molar-refractivity contribution is 7.14. The van der Waals surface area contributed by atoms with E-state index in [1.54, 1.807) is 18.9 Å². The first-order valence-corrected chi connectivity index (χ1v) is 7.50. The maximum atomic E-state index is 11.4. The number of hydrogen-bond acceptors (Lipinski definition) is 5. The van der Waals surface area contributed by atoms with Crippen LogP contribution in [0.4, 0.5) is 5.13 Å². The predicted molar refractivity (Wildman–Crippen MR) is 76.5 cm³/mol. The summed E-state index contributed by atoms with van der Waals surface area (Å²) in [4.78, 5) is 17.6. The van der Waals surface area contributed by atoms with Crippen molar-refractivity contribution < 1.29 is 9.53 Å². The predicted octanol–water partition coefficient (Wildman–Crippen LogP) is 1.78. The monoisotopic (exact) mass is 283 g/mol. The number of ether oxygens (including phenoxy) is 1. The zero-order valence-electron chi connectivity index (χ0n) is 11.7. The molecule has 2 rings (SSSR count). The second kappa shape index (κ2) is 6.45. The molecule has 1 aliphatic rings. The summed E-state index contributed by atoms with van der Waals surface area (Å²) in [7, 11) is 1.76. The summed E-state index contributed by atoms with van der Waals surface area (Å²) in [5.41, 5.74) is 1.00. The molecule has 1 saturated carbocycles. The number of rotatable bonds is 6. The van der Waals surface area contributed by atoms with Crippen molar-refractivity contribution in [2.24, 2.45) is 0 Å². The molecule has 0 unspecified atom stereocenters. The van der Waals surface area contributed by atoms with E-state index in [-0.39, 0.29) is 5.91 Å². The van der Waals surface area contributed by atoms with Crippen LogP contribution in [-0.2, 0) is 16.1 Å². The van der Waals surface area contributed by atoms with E-state index < -0.39 is 0 Å². The van der Waals surface area contributed by atoms with Crippen molar-refractivity contribution in [3.05, 3.63) is 11.1 Å². The van der Waals surface area contributed by atoms with Gasteiger partial charge in [0.2, 0.25) is 5.91 Å². The van der Waals surface area contributed by atoms with E-state index in [1.165, 1.54) is 11.3 Å². The molecular weight excluding hydrogens is 262 g/mol. The lowest BCUT2D eigenvalue weighted by Gasteiger charge is -2.34. The van der Waals surface area contributed by atoms with Gasteiger partial charge in [-0.1, -0.05) is 0 Å². The third-order valence-electron chi connectivity index (χ3n) is 3.47. The van der Waals surface area contributed by atoms with Gasteiger partial charge < -0.3 is 10.1 Å². The molecule has 19 heavy (non-hydrogen) atoms. The van der Waals surface area contributed by atoms with Crippen LogP contribution in [0, 0.1) is 0 Å². The highest BCUT2D eigenvalue weighted by Crippen LogP contribution is 2.24. The molecule has 1 aliphatic carbocycles. The summed E-state index contributed by atoms with van der Waals surface area (Å²) in [6.45, 7) is 4.95. The zero-order chi connectivity index (χ0) is 13.8. The first kappa shape index (κ1) is 14.4. The smallest absolute Gasteiger partial charge is 0.225 e. The van der Waals surface area contributed by atoms with Crippen LogP contribution < -0.4 is 10.2 Å². The second-order valence-electron chi connectivity index (χ2n) is 4.79. The first-order valence-electron chi connectivity index (χ1n) is 6.62. The molecule has 0 saturated heterocycles. The fourth-order valence-corrected chi connectivity index (χ4v) is 3.10. The molecule has 0 aromatic carbocycles. The lowest BCUT2D eigenvalue weighted by Crippen LogP contribution is -2.44. The summed E-state index contributed by atoms with van der Waals surface area (Å²) < 4.78 is 5.25. The molecule has 1 fully saturated rings. The molecular formula is C13H21N3O2S. The summed E-state index contributed by atoms with van der Waals surface area (Å²) in [5.74, 6) is 0.0401. The average Bonchev–Trinajstić information content (AvgIpc) is 2.76. The van der Waals surface area contributed by atoms with Crippen LogP contribution in [0.2, 0.25) is 0 Å². The quantitative estimate of drug-likeness (QED) is 0.864. The number of amides is 1. The highest BCUT2D eigenvalue weighted by Gasteiger charge is 2.28. The van der Waals surface area contributed by atoms with Gasteiger partial charge in [0.15, 0.2) is 5.13 Å². The molecule has 1 N–H and O–H groups in total. The minimum Gasteiger partial charge on any atom is -0.381 e. The Labute approximate surface area is 118 Å². The Hall–Kier alpha value is -0.980. The number of carbonyl (C=O) groups excluding carboxylic acids is 1. The lowest BCUT2D eigenvalue weighted by molar-refractivity contribution is -0.116. The Kier molecular flexibility index (Phi) is 4.90. The topological polar surface area (TPSA) is 54.5 Å². The second-order valence-corrected chi connectivity index (χ2v) is 5.63. The fraction of sp³-hybridized carbons (Fsp3) is 0.692. The van der Waals surface area contributed by atoms with E-state index in [0.717, 1.165) is 30.2 Å². The van der Waals surface area contributed by atoms with E-state index >= 15 is 0 Å². The number of methoxy groups -OCH3 is 1. The number of thiazole rings is 1. The van der Waals surface area contributed by atoms with Gasteiger partial charge in [0.1, 0.15) is 0 Å². The van der Waals surface area contributed by atoms with Crippen molar-refractivity contribution in [2.45, 2.75) is 45.4 Å². The molecule has 5 nitrogen and oxygen atoms in total. The Morgan fingerprint density at radius 2 is 2.37 bits per heavy atom. The number of nitrogens with one attached hydrogen (secondary N) is 1. The van der Waals surface area contributed by atoms with E-state index in [9.17, 15) is 4.79 Å². The van der Waals surface area contributed by atoms with Crippen molar-refractivity contribution in [3.63, 3.8) is 0 Å². The standard InChI is InChI=1S/C13H21N3O2S/c1-4-16(9(2)17)13-15-11(8-19-13)7-14-10-5-12(6-10)18-3/h8,10,12,14H,4-7H2,1-3H3. The van der Waals surface area contributed by atoms with Crippen molar-refractivity contribution in [3.8, 4) is 0 Å². The first-order chi connectivity index (χ1) is 9.13. The van der Waals surface area contributed by atoms with Crippen LogP contribution in [0.3, 0.4) is 0 Å². The van der Waals surface area contributed by atoms with Crippen LogP contribution in [0.25, 0.3) is 0 Å². The fourth-order valence-electron chi connectivity index (χ4n) is 2.17. The van der Waals surface area contributed by atoms with E-state index in [0.29, 0.717) is 18.7 Å². The minimum atomic E-state index is 0.0401. The van der Waals surface area contributed by atoms with E-state index in [4.69, 9.17) is 4.74 Å². The van der Waals surface area contributed by atoms with Crippen LogP contribution in [0.1, 0.15) is 32.4 Å².